The molecule has 0 bridgehead atoms. The molecule has 86 valence electrons. The fourth-order valence-electron chi connectivity index (χ4n) is 1.14. The lowest BCUT2D eigenvalue weighted by Gasteiger charge is -1.99. The Labute approximate surface area is 99.6 Å². The molecule has 0 unspecified atom stereocenters. The Hall–Kier alpha value is -1.88. The third-order valence-corrected chi connectivity index (χ3v) is 1.94. The molecular formula is C14H20N2. The largest absolute Gasteiger partial charge is 0.166 e. The molecule has 0 amide bonds. The highest BCUT2D eigenvalue weighted by atomic mass is 15.2. The maximum Gasteiger partial charge on any atom is 0.142 e. The van der Waals surface area contributed by atoms with Gasteiger partial charge in [0.2, 0.25) is 0 Å². The van der Waals surface area contributed by atoms with E-state index in [4.69, 9.17) is 6.42 Å². The molecule has 1 aromatic carbocycles. The van der Waals surface area contributed by atoms with Gasteiger partial charge in [-0.1, -0.05) is 45.0 Å². The molecule has 0 aromatic heterocycles. The topological polar surface area (TPSA) is 24.7 Å². The Balaban J connectivity index is 0. The summed E-state index contributed by atoms with van der Waals surface area (Å²) in [6, 6.07) is 7.96. The van der Waals surface area contributed by atoms with Crippen molar-refractivity contribution >= 4 is 12.4 Å². The SMILES string of the molecule is C#C/C(=N\N=C)c1ccc(CC)cc1.CC.[HH]. The highest BCUT2D eigenvalue weighted by molar-refractivity contribution is 6.12. The van der Waals surface area contributed by atoms with Gasteiger partial charge < -0.3 is 0 Å². The van der Waals surface area contributed by atoms with E-state index in [2.05, 4.69) is 29.8 Å². The molecule has 0 atom stereocenters. The van der Waals surface area contributed by atoms with Gasteiger partial charge in [-0.2, -0.15) is 5.10 Å². The molecule has 0 aliphatic rings. The number of hydrogen-bond donors (Lipinski definition) is 0. The van der Waals surface area contributed by atoms with Crippen molar-refractivity contribution in [2.24, 2.45) is 10.2 Å². The van der Waals surface area contributed by atoms with Crippen LogP contribution in [-0.2, 0) is 6.42 Å². The maximum absolute atomic E-state index is 5.29. The Morgan fingerprint density at radius 3 is 2.31 bits per heavy atom. The lowest BCUT2D eigenvalue weighted by atomic mass is 10.1. The van der Waals surface area contributed by atoms with E-state index in [1.54, 1.807) is 0 Å². The first-order chi connectivity index (χ1) is 7.81. The zero-order valence-corrected chi connectivity index (χ0v) is 10.2. The molecule has 16 heavy (non-hydrogen) atoms. The van der Waals surface area contributed by atoms with Gasteiger partial charge in [-0.05, 0) is 17.9 Å². The van der Waals surface area contributed by atoms with Gasteiger partial charge in [0.15, 0.2) is 0 Å². The average molecular weight is 216 g/mol. The number of rotatable bonds is 3. The van der Waals surface area contributed by atoms with Gasteiger partial charge in [-0.15, -0.1) is 11.5 Å². The van der Waals surface area contributed by atoms with E-state index in [0.29, 0.717) is 5.71 Å². The third kappa shape index (κ3) is 4.10. The van der Waals surface area contributed by atoms with E-state index in [1.165, 1.54) is 5.56 Å². The van der Waals surface area contributed by atoms with Crippen LogP contribution >= 0.6 is 0 Å². The number of hydrogen-bond acceptors (Lipinski definition) is 2. The first kappa shape index (κ1) is 14.1. The van der Waals surface area contributed by atoms with Crippen molar-refractivity contribution in [2.45, 2.75) is 27.2 Å². The van der Waals surface area contributed by atoms with Crippen LogP contribution in [0.15, 0.2) is 34.5 Å². The average Bonchev–Trinajstić information content (AvgIpc) is 2.38. The molecule has 0 spiro atoms. The van der Waals surface area contributed by atoms with Crippen LogP contribution in [0.5, 0.6) is 0 Å². The smallest absolute Gasteiger partial charge is 0.142 e. The number of terminal acetylenes is 1. The monoisotopic (exact) mass is 216 g/mol. The highest BCUT2D eigenvalue weighted by Crippen LogP contribution is 2.06. The van der Waals surface area contributed by atoms with Crippen LogP contribution in [0.4, 0.5) is 0 Å². The Morgan fingerprint density at radius 1 is 1.38 bits per heavy atom. The molecule has 1 rings (SSSR count). The van der Waals surface area contributed by atoms with Gasteiger partial charge >= 0.3 is 0 Å². The standard InChI is InChI=1S/C12H12N2.C2H6.H2/c1-4-10-6-8-11(9-7-10)12(5-2)14-13-3;1-2;/h2,6-9H,3-4H2,1H3;1-2H3;1H/b14-12+;;. The van der Waals surface area contributed by atoms with Crippen molar-refractivity contribution in [1.82, 2.24) is 0 Å². The van der Waals surface area contributed by atoms with Crippen LogP contribution in [0.3, 0.4) is 0 Å². The molecule has 0 heterocycles. The quantitative estimate of drug-likeness (QED) is 0.419. The molecule has 0 aliphatic carbocycles. The van der Waals surface area contributed by atoms with Crippen molar-refractivity contribution < 1.29 is 1.43 Å². The predicted molar refractivity (Wildman–Crippen MR) is 74.2 cm³/mol. The van der Waals surface area contributed by atoms with Gasteiger partial charge in [-0.25, -0.2) is 0 Å². The summed E-state index contributed by atoms with van der Waals surface area (Å²) in [6.07, 6.45) is 6.31. The van der Waals surface area contributed by atoms with Gasteiger partial charge in [0.05, 0.1) is 0 Å². The summed E-state index contributed by atoms with van der Waals surface area (Å²) in [5, 5.41) is 7.18. The molecule has 0 aliphatic heterocycles. The molecule has 2 heteroatoms. The van der Waals surface area contributed by atoms with Crippen molar-refractivity contribution in [3.05, 3.63) is 35.4 Å². The van der Waals surface area contributed by atoms with Crippen molar-refractivity contribution in [3.8, 4) is 12.3 Å². The minimum atomic E-state index is 0. The number of benzene rings is 1. The van der Waals surface area contributed by atoms with Crippen LogP contribution in [0.1, 0.15) is 33.3 Å². The lowest BCUT2D eigenvalue weighted by Crippen LogP contribution is -1.96. The van der Waals surface area contributed by atoms with E-state index in [1.807, 2.05) is 38.1 Å². The van der Waals surface area contributed by atoms with E-state index in [9.17, 15) is 0 Å². The normalized spacial score (nSPS) is 9.75. The molecule has 0 saturated carbocycles. The minimum Gasteiger partial charge on any atom is -0.166 e. The molecule has 1 aromatic rings. The van der Waals surface area contributed by atoms with Gasteiger partial charge in [0, 0.05) is 13.7 Å². The molecule has 0 N–H and O–H groups in total. The highest BCUT2D eigenvalue weighted by Gasteiger charge is 1.99. The van der Waals surface area contributed by atoms with Crippen molar-refractivity contribution in [3.63, 3.8) is 0 Å². The molecule has 0 radical (unpaired) electrons. The molecular weight excluding hydrogens is 196 g/mol. The first-order valence-electron chi connectivity index (χ1n) is 5.41. The zero-order chi connectivity index (χ0) is 12.4. The molecule has 0 fully saturated rings. The Kier molecular flexibility index (Phi) is 7.44. The van der Waals surface area contributed by atoms with E-state index < -0.39 is 0 Å². The van der Waals surface area contributed by atoms with E-state index >= 15 is 0 Å². The molecule has 0 saturated heterocycles. The zero-order valence-electron chi connectivity index (χ0n) is 10.2. The summed E-state index contributed by atoms with van der Waals surface area (Å²) in [5.41, 5.74) is 2.69. The summed E-state index contributed by atoms with van der Waals surface area (Å²) >= 11 is 0. The summed E-state index contributed by atoms with van der Waals surface area (Å²) < 4.78 is 0. The minimum absolute atomic E-state index is 0. The van der Waals surface area contributed by atoms with Crippen molar-refractivity contribution in [2.75, 3.05) is 0 Å². The number of aryl methyl sites for hydroxylation is 1. The second kappa shape index (κ2) is 8.43. The summed E-state index contributed by atoms with van der Waals surface area (Å²) in [7, 11) is 0. The Morgan fingerprint density at radius 2 is 1.94 bits per heavy atom. The Bertz CT molecular complexity index is 386. The van der Waals surface area contributed by atoms with Gasteiger partial charge in [-0.3, -0.25) is 0 Å². The summed E-state index contributed by atoms with van der Waals surface area (Å²) in [6.45, 7) is 9.38. The molecule has 2 nitrogen and oxygen atoms in total. The van der Waals surface area contributed by atoms with Gasteiger partial charge in [0.25, 0.3) is 0 Å². The van der Waals surface area contributed by atoms with Crippen LogP contribution in [0.25, 0.3) is 0 Å². The van der Waals surface area contributed by atoms with Gasteiger partial charge in [0.1, 0.15) is 5.71 Å². The van der Waals surface area contributed by atoms with Crippen LogP contribution in [0, 0.1) is 12.3 Å². The fourth-order valence-corrected chi connectivity index (χ4v) is 1.14. The lowest BCUT2D eigenvalue weighted by molar-refractivity contribution is 1.14. The van der Waals surface area contributed by atoms with E-state index in [-0.39, 0.29) is 1.43 Å². The number of nitrogens with zero attached hydrogens (tertiary/aromatic N) is 2. The third-order valence-electron chi connectivity index (χ3n) is 1.94. The van der Waals surface area contributed by atoms with Crippen LogP contribution in [0.2, 0.25) is 0 Å². The fraction of sp³-hybridized carbons (Fsp3) is 0.286. The summed E-state index contributed by atoms with van der Waals surface area (Å²) in [5.74, 6) is 2.47. The first-order valence-corrected chi connectivity index (χ1v) is 5.41. The van der Waals surface area contributed by atoms with E-state index in [0.717, 1.165) is 12.0 Å². The predicted octanol–water partition coefficient (Wildman–Crippen LogP) is 3.56. The second-order valence-electron chi connectivity index (χ2n) is 2.78. The van der Waals surface area contributed by atoms with Crippen molar-refractivity contribution in [1.29, 1.82) is 0 Å². The maximum atomic E-state index is 5.29. The summed E-state index contributed by atoms with van der Waals surface area (Å²) in [4.78, 5) is 0. The van der Waals surface area contributed by atoms with Crippen LogP contribution < -0.4 is 0 Å². The van der Waals surface area contributed by atoms with Crippen LogP contribution in [-0.4, -0.2) is 12.4 Å². The second-order valence-corrected chi connectivity index (χ2v) is 2.78.